The van der Waals surface area contributed by atoms with Crippen molar-refractivity contribution in [1.82, 2.24) is 14.7 Å². The topological polar surface area (TPSA) is 140 Å². The first-order valence-corrected chi connectivity index (χ1v) is 16.0. The highest BCUT2D eigenvalue weighted by Gasteiger charge is 2.45. The monoisotopic (exact) mass is 639 g/mol. The van der Waals surface area contributed by atoms with Crippen molar-refractivity contribution in [3.63, 3.8) is 0 Å². The Morgan fingerprint density at radius 2 is 0.556 bits per heavy atom. The van der Waals surface area contributed by atoms with Crippen LogP contribution >= 0.6 is 0 Å². The number of carbonyl (C=O) groups excluding carboxylic acids is 6. The van der Waals surface area contributed by atoms with Crippen molar-refractivity contribution in [1.29, 1.82) is 0 Å². The van der Waals surface area contributed by atoms with E-state index in [1.54, 1.807) is 83.1 Å². The third kappa shape index (κ3) is 9.42. The predicted molar refractivity (Wildman–Crippen MR) is 168 cm³/mol. The van der Waals surface area contributed by atoms with Gasteiger partial charge in [-0.25, -0.2) is 14.4 Å². The van der Waals surface area contributed by atoms with Crippen LogP contribution in [-0.2, 0) is 43.0 Å². The van der Waals surface area contributed by atoms with E-state index < -0.39 is 108 Å². The van der Waals surface area contributed by atoms with Gasteiger partial charge < -0.3 is 28.9 Å². The molecule has 1 rings (SSSR count). The minimum atomic E-state index is -1.28. The molecular formula is C33H57N3O9. The molecule has 0 N–H and O–H groups in total. The number of cyclic esters (lactones) is 3. The highest BCUT2D eigenvalue weighted by atomic mass is 16.6. The zero-order valence-electron chi connectivity index (χ0n) is 29.9. The Morgan fingerprint density at radius 1 is 0.378 bits per heavy atom. The molecule has 1 aliphatic heterocycles. The summed E-state index contributed by atoms with van der Waals surface area (Å²) in [6.45, 7) is 20.7. The largest absolute Gasteiger partial charge is 0.450 e. The van der Waals surface area contributed by atoms with Gasteiger partial charge in [0.25, 0.3) is 17.7 Å². The molecule has 0 spiro atoms. The Morgan fingerprint density at radius 3 is 0.689 bits per heavy atom. The van der Waals surface area contributed by atoms with Gasteiger partial charge in [0, 0.05) is 21.1 Å². The zero-order chi connectivity index (χ0) is 35.2. The first-order chi connectivity index (χ1) is 20.6. The molecule has 45 heavy (non-hydrogen) atoms. The molecule has 12 heteroatoms. The fraction of sp³-hybridized carbons (Fsp3) is 0.818. The number of hydrogen-bond donors (Lipinski definition) is 0. The molecule has 0 aromatic rings. The maximum atomic E-state index is 13.9. The van der Waals surface area contributed by atoms with E-state index in [1.165, 1.54) is 35.8 Å². The number of ether oxygens (including phenoxy) is 3. The van der Waals surface area contributed by atoms with Gasteiger partial charge in [0.1, 0.15) is 18.1 Å². The lowest BCUT2D eigenvalue weighted by Crippen LogP contribution is -2.57. The van der Waals surface area contributed by atoms with Crippen LogP contribution in [0.4, 0.5) is 0 Å². The lowest BCUT2D eigenvalue weighted by molar-refractivity contribution is -0.181. The van der Waals surface area contributed by atoms with Crippen LogP contribution in [0.1, 0.15) is 83.1 Å². The highest BCUT2D eigenvalue weighted by Crippen LogP contribution is 2.25. The van der Waals surface area contributed by atoms with E-state index in [1.807, 2.05) is 0 Å². The summed E-state index contributed by atoms with van der Waals surface area (Å²) in [5.41, 5.74) is 0. The molecule has 0 radical (unpaired) electrons. The molecule has 1 fully saturated rings. The summed E-state index contributed by atoms with van der Waals surface area (Å²) in [7, 11) is 4.30. The molecule has 1 aliphatic rings. The molecule has 12 nitrogen and oxygen atoms in total. The maximum Gasteiger partial charge on any atom is 0.329 e. The van der Waals surface area contributed by atoms with Gasteiger partial charge in [0.05, 0.1) is 0 Å². The van der Waals surface area contributed by atoms with Crippen LogP contribution in [0, 0.1) is 35.5 Å². The van der Waals surface area contributed by atoms with Gasteiger partial charge in [-0.15, -0.1) is 0 Å². The van der Waals surface area contributed by atoms with E-state index in [0.29, 0.717) is 0 Å². The van der Waals surface area contributed by atoms with Crippen LogP contribution in [0.5, 0.6) is 0 Å². The van der Waals surface area contributed by atoms with Crippen molar-refractivity contribution in [3.8, 4) is 0 Å². The number of esters is 3. The smallest absolute Gasteiger partial charge is 0.329 e. The maximum absolute atomic E-state index is 13.9. The van der Waals surface area contributed by atoms with E-state index in [-0.39, 0.29) is 0 Å². The minimum absolute atomic E-state index is 0.431. The third-order valence-corrected chi connectivity index (χ3v) is 8.19. The number of amides is 3. The lowest BCUT2D eigenvalue weighted by Gasteiger charge is -2.38. The fourth-order valence-electron chi connectivity index (χ4n) is 5.65. The second-order valence-electron chi connectivity index (χ2n) is 14.2. The summed E-state index contributed by atoms with van der Waals surface area (Å²) in [5, 5.41) is 0. The van der Waals surface area contributed by atoms with Crippen molar-refractivity contribution >= 4 is 35.6 Å². The number of hydrogen-bond acceptors (Lipinski definition) is 9. The third-order valence-electron chi connectivity index (χ3n) is 8.19. The van der Waals surface area contributed by atoms with Gasteiger partial charge in [-0.3, -0.25) is 14.4 Å². The summed E-state index contributed by atoms with van der Waals surface area (Å²) in [5.74, 6) is -7.01. The van der Waals surface area contributed by atoms with Gasteiger partial charge in [0.15, 0.2) is 18.3 Å². The summed E-state index contributed by atoms with van der Waals surface area (Å²) in [6, 6.07) is -3.34. The van der Waals surface area contributed by atoms with E-state index in [4.69, 9.17) is 14.2 Å². The quantitative estimate of drug-likeness (QED) is 0.317. The summed E-state index contributed by atoms with van der Waals surface area (Å²) in [4.78, 5) is 86.3. The Hall–Kier alpha value is -3.18. The Balaban J connectivity index is 3.93. The second-order valence-corrected chi connectivity index (χ2v) is 14.2. The molecule has 4 unspecified atom stereocenters. The molecule has 0 saturated carbocycles. The van der Waals surface area contributed by atoms with Crippen LogP contribution in [0.25, 0.3) is 0 Å². The molecular weight excluding hydrogens is 582 g/mol. The van der Waals surface area contributed by atoms with Crippen LogP contribution in [0.2, 0.25) is 0 Å². The lowest BCUT2D eigenvalue weighted by atomic mass is 9.97. The van der Waals surface area contributed by atoms with Gasteiger partial charge in [-0.1, -0.05) is 83.1 Å². The predicted octanol–water partition coefficient (Wildman–Crippen LogP) is 3.15. The van der Waals surface area contributed by atoms with E-state index in [0.717, 1.165) is 0 Å². The Labute approximate surface area is 269 Å². The first-order valence-electron chi connectivity index (χ1n) is 16.0. The van der Waals surface area contributed by atoms with Crippen molar-refractivity contribution in [3.05, 3.63) is 0 Å². The van der Waals surface area contributed by atoms with Crippen molar-refractivity contribution in [2.45, 2.75) is 120 Å². The molecule has 6 atom stereocenters. The van der Waals surface area contributed by atoms with E-state index in [9.17, 15) is 28.8 Å². The number of likely N-dealkylation sites (N-methyl/N-ethyl adjacent to an activating group) is 3. The molecule has 0 aliphatic carbocycles. The molecule has 258 valence electrons. The molecule has 0 bridgehead atoms. The standard InChI is InChI=1S/C33H57N3O9/c1-16(2)22-31(40)43-26(20(9)10)29(38)35(14)24(18(5)6)33(42)45-27(21(11)12)30(39)36(15)23(17(3)4)32(41)44-25(19(7)8)28(37)34(22)13/h16-27H,1-15H3/t22?,23?,24?,25-,26-,27?/m1/s1. The van der Waals surface area contributed by atoms with Crippen molar-refractivity contribution in [2.75, 3.05) is 21.1 Å². The van der Waals surface area contributed by atoms with Crippen LogP contribution in [0.3, 0.4) is 0 Å². The second kappa shape index (κ2) is 16.4. The average Bonchev–Trinajstić information content (AvgIpc) is 2.90. The molecule has 1 saturated heterocycles. The zero-order valence-corrected chi connectivity index (χ0v) is 29.9. The van der Waals surface area contributed by atoms with Crippen molar-refractivity contribution in [2.24, 2.45) is 35.5 Å². The molecule has 0 aromatic heterocycles. The normalized spacial score (nSPS) is 27.5. The average molecular weight is 640 g/mol. The van der Waals surface area contributed by atoms with Gasteiger partial charge in [0.2, 0.25) is 0 Å². The van der Waals surface area contributed by atoms with Gasteiger partial charge >= 0.3 is 17.9 Å². The highest BCUT2D eigenvalue weighted by molar-refractivity contribution is 5.94. The van der Waals surface area contributed by atoms with Gasteiger partial charge in [-0.05, 0) is 35.5 Å². The van der Waals surface area contributed by atoms with Gasteiger partial charge in [-0.2, -0.15) is 0 Å². The fourth-order valence-corrected chi connectivity index (χ4v) is 5.65. The summed E-state index contributed by atoms with van der Waals surface area (Å²) >= 11 is 0. The van der Waals surface area contributed by atoms with Crippen LogP contribution < -0.4 is 0 Å². The number of carbonyl (C=O) groups is 6. The minimum Gasteiger partial charge on any atom is -0.450 e. The van der Waals surface area contributed by atoms with Crippen LogP contribution in [-0.4, -0.2) is 108 Å². The Bertz CT molecular complexity index is 952. The molecule has 1 heterocycles. The Kier molecular flexibility index (Phi) is 14.5. The molecule has 0 aromatic carbocycles. The van der Waals surface area contributed by atoms with E-state index in [2.05, 4.69) is 0 Å². The first kappa shape index (κ1) is 39.8. The summed E-state index contributed by atoms with van der Waals surface area (Å²) < 4.78 is 17.4. The van der Waals surface area contributed by atoms with Crippen molar-refractivity contribution < 1.29 is 43.0 Å². The summed E-state index contributed by atoms with van der Waals surface area (Å²) in [6.07, 6.45) is -3.84. The number of rotatable bonds is 6. The number of nitrogens with zero attached hydrogens (tertiary/aromatic N) is 3. The van der Waals surface area contributed by atoms with Crippen LogP contribution in [0.15, 0.2) is 0 Å². The molecule has 3 amide bonds. The van der Waals surface area contributed by atoms with E-state index >= 15 is 0 Å². The SMILES string of the molecule is CC(C)C1OC(=O)C(C(C)C)N(C)C(=O)[C@@H](C(C)C)OC(=O)C(C(C)C)N(C)C(=O)[C@@H](C(C)C)OC(=O)C(C(C)C)N(C)C1=O.